The van der Waals surface area contributed by atoms with E-state index in [2.05, 4.69) is 49.2 Å². The Morgan fingerprint density at radius 3 is 2.74 bits per heavy atom. The Bertz CT molecular complexity index is 856. The molecule has 2 heterocycles. The highest BCUT2D eigenvalue weighted by Crippen LogP contribution is 2.26. The summed E-state index contributed by atoms with van der Waals surface area (Å²) in [4.78, 5) is 10.6. The van der Waals surface area contributed by atoms with Gasteiger partial charge in [-0.1, -0.05) is 30.3 Å². The quantitative estimate of drug-likeness (QED) is 0.445. The van der Waals surface area contributed by atoms with Crippen LogP contribution in [0.15, 0.2) is 64.7 Å². The molecule has 3 rings (SSSR count). The van der Waals surface area contributed by atoms with Gasteiger partial charge in [0, 0.05) is 51.5 Å². The first kappa shape index (κ1) is 19.3. The van der Waals surface area contributed by atoms with Gasteiger partial charge in [-0.25, -0.2) is 13.1 Å². The number of benzene rings is 1. The minimum Gasteiger partial charge on any atom is -0.355 e. The molecule has 0 bridgehead atoms. The van der Waals surface area contributed by atoms with Crippen LogP contribution in [0.2, 0.25) is 0 Å². The molecule has 7 nitrogen and oxygen atoms in total. The number of nitrogens with one attached hydrogen (secondary N) is 2. The van der Waals surface area contributed by atoms with Crippen molar-refractivity contribution in [1.29, 1.82) is 0 Å². The number of rotatable bonds is 6. The molecule has 1 aromatic carbocycles. The average molecular weight is 388 g/mol. The van der Waals surface area contributed by atoms with Crippen LogP contribution in [-0.4, -0.2) is 57.5 Å². The number of aromatic nitrogens is 1. The van der Waals surface area contributed by atoms with Crippen molar-refractivity contribution in [2.45, 2.75) is 17.2 Å². The number of nitrogens with zero attached hydrogens (tertiary/aromatic N) is 3. The molecule has 8 heteroatoms. The largest absolute Gasteiger partial charge is 0.355 e. The molecule has 1 aromatic heterocycles. The molecule has 0 spiro atoms. The molecular weight excluding hydrogens is 362 g/mol. The molecule has 1 fully saturated rings. The molecule has 0 amide bonds. The van der Waals surface area contributed by atoms with Gasteiger partial charge < -0.3 is 10.2 Å². The fraction of sp³-hybridized carbons (Fsp3) is 0.368. The smallest absolute Gasteiger partial charge is 0.242 e. The number of hydrogen-bond donors (Lipinski definition) is 2. The van der Waals surface area contributed by atoms with E-state index >= 15 is 0 Å². The van der Waals surface area contributed by atoms with E-state index in [4.69, 9.17) is 0 Å². The van der Waals surface area contributed by atoms with Crippen molar-refractivity contribution >= 4 is 16.0 Å². The first-order chi connectivity index (χ1) is 13.1. The Labute approximate surface area is 160 Å². The lowest BCUT2D eigenvalue weighted by molar-refractivity contribution is 0.486. The molecule has 144 valence electrons. The molecule has 2 N–H and O–H groups in total. The Morgan fingerprint density at radius 2 is 2.04 bits per heavy atom. The average Bonchev–Trinajstić information content (AvgIpc) is 3.19. The molecule has 27 heavy (non-hydrogen) atoms. The third kappa shape index (κ3) is 5.05. The summed E-state index contributed by atoms with van der Waals surface area (Å²) < 4.78 is 26.9. The molecule has 1 aliphatic rings. The Kier molecular flexibility index (Phi) is 6.41. The van der Waals surface area contributed by atoms with Crippen LogP contribution in [0.25, 0.3) is 0 Å². The van der Waals surface area contributed by atoms with Crippen LogP contribution in [0, 0.1) is 0 Å². The second-order valence-electron chi connectivity index (χ2n) is 6.40. The second kappa shape index (κ2) is 8.96. The van der Waals surface area contributed by atoms with Crippen molar-refractivity contribution in [2.24, 2.45) is 4.99 Å². The van der Waals surface area contributed by atoms with Crippen molar-refractivity contribution in [3.05, 3.63) is 60.4 Å². The van der Waals surface area contributed by atoms with E-state index in [0.717, 1.165) is 25.5 Å². The lowest BCUT2D eigenvalue weighted by atomic mass is 9.99. The lowest BCUT2D eigenvalue weighted by Crippen LogP contribution is -2.43. The van der Waals surface area contributed by atoms with Crippen LogP contribution in [-0.2, 0) is 10.0 Å². The number of pyridine rings is 1. The lowest BCUT2D eigenvalue weighted by Gasteiger charge is -2.22. The van der Waals surface area contributed by atoms with Crippen molar-refractivity contribution in [1.82, 2.24) is 19.9 Å². The van der Waals surface area contributed by atoms with E-state index in [0.29, 0.717) is 12.5 Å². The second-order valence-corrected chi connectivity index (χ2v) is 8.17. The highest BCUT2D eigenvalue weighted by molar-refractivity contribution is 7.89. The number of sulfonamides is 1. The Balaban J connectivity index is 1.48. The van der Waals surface area contributed by atoms with Crippen molar-refractivity contribution in [2.75, 3.05) is 33.2 Å². The molecule has 0 radical (unpaired) electrons. The van der Waals surface area contributed by atoms with E-state index in [1.807, 2.05) is 6.07 Å². The number of aliphatic imine (C=N–C) groups is 1. The molecule has 1 atom stereocenters. The zero-order chi connectivity index (χ0) is 19.1. The van der Waals surface area contributed by atoms with Crippen LogP contribution in [0.4, 0.5) is 0 Å². The summed E-state index contributed by atoms with van der Waals surface area (Å²) in [6, 6.07) is 13.6. The highest BCUT2D eigenvalue weighted by atomic mass is 32.2. The summed E-state index contributed by atoms with van der Waals surface area (Å²) in [6.07, 6.45) is 3.96. The van der Waals surface area contributed by atoms with E-state index in [1.54, 1.807) is 19.3 Å². The maximum atomic E-state index is 12.2. The third-order valence-corrected chi connectivity index (χ3v) is 6.06. The molecule has 1 aliphatic heterocycles. The molecule has 1 saturated heterocycles. The summed E-state index contributed by atoms with van der Waals surface area (Å²) in [6.45, 7) is 2.57. The first-order valence-corrected chi connectivity index (χ1v) is 10.5. The summed E-state index contributed by atoms with van der Waals surface area (Å²) in [5.41, 5.74) is 1.35. The number of guanidine groups is 1. The van der Waals surface area contributed by atoms with E-state index in [-0.39, 0.29) is 11.4 Å². The van der Waals surface area contributed by atoms with Crippen molar-refractivity contribution in [3.63, 3.8) is 0 Å². The standard InChI is InChI=1S/C19H25N5O2S/c1-20-19(24-13-9-17(15-24)16-6-3-2-4-7-16)22-11-12-23-27(25,26)18-8-5-10-21-14-18/h2-8,10,14,17,23H,9,11-13,15H2,1H3,(H,20,22). The Morgan fingerprint density at radius 1 is 1.22 bits per heavy atom. The number of likely N-dealkylation sites (tertiary alicyclic amines) is 1. The number of hydrogen-bond acceptors (Lipinski definition) is 4. The van der Waals surface area contributed by atoms with Crippen LogP contribution in [0.5, 0.6) is 0 Å². The SMILES string of the molecule is CN=C(NCCNS(=O)(=O)c1cccnc1)N1CCC(c2ccccc2)C1. The van der Waals surface area contributed by atoms with Gasteiger partial charge >= 0.3 is 0 Å². The predicted molar refractivity (Wildman–Crippen MR) is 106 cm³/mol. The molecule has 0 aliphatic carbocycles. The van der Waals surface area contributed by atoms with Gasteiger partial charge in [-0.3, -0.25) is 9.98 Å². The van der Waals surface area contributed by atoms with Gasteiger partial charge in [-0.2, -0.15) is 0 Å². The van der Waals surface area contributed by atoms with Crippen molar-refractivity contribution < 1.29 is 8.42 Å². The van der Waals surface area contributed by atoms with E-state index < -0.39 is 10.0 Å². The third-order valence-electron chi connectivity index (χ3n) is 4.62. The van der Waals surface area contributed by atoms with E-state index in [1.165, 1.54) is 17.8 Å². The molecule has 2 aromatic rings. The van der Waals surface area contributed by atoms with Gasteiger partial charge in [0.15, 0.2) is 5.96 Å². The zero-order valence-electron chi connectivity index (χ0n) is 15.4. The van der Waals surface area contributed by atoms with Crippen LogP contribution < -0.4 is 10.0 Å². The van der Waals surface area contributed by atoms with Crippen molar-refractivity contribution in [3.8, 4) is 0 Å². The maximum absolute atomic E-state index is 12.2. The zero-order valence-corrected chi connectivity index (χ0v) is 16.2. The fourth-order valence-electron chi connectivity index (χ4n) is 3.23. The van der Waals surface area contributed by atoms with Gasteiger partial charge in [0.2, 0.25) is 10.0 Å². The van der Waals surface area contributed by atoms with Crippen LogP contribution >= 0.6 is 0 Å². The summed E-state index contributed by atoms with van der Waals surface area (Å²) >= 11 is 0. The minimum atomic E-state index is -3.53. The summed E-state index contributed by atoms with van der Waals surface area (Å²) in [5, 5.41) is 3.24. The first-order valence-electron chi connectivity index (χ1n) is 9.00. The summed E-state index contributed by atoms with van der Waals surface area (Å²) in [7, 11) is -1.79. The van der Waals surface area contributed by atoms with Gasteiger partial charge in [0.05, 0.1) is 0 Å². The van der Waals surface area contributed by atoms with Gasteiger partial charge in [-0.15, -0.1) is 0 Å². The maximum Gasteiger partial charge on any atom is 0.242 e. The fourth-order valence-corrected chi connectivity index (χ4v) is 4.23. The minimum absolute atomic E-state index is 0.166. The van der Waals surface area contributed by atoms with Gasteiger partial charge in [0.1, 0.15) is 4.90 Å². The van der Waals surface area contributed by atoms with Gasteiger partial charge in [0.25, 0.3) is 0 Å². The monoisotopic (exact) mass is 387 g/mol. The predicted octanol–water partition coefficient (Wildman–Crippen LogP) is 1.42. The van der Waals surface area contributed by atoms with Crippen LogP contribution in [0.1, 0.15) is 17.9 Å². The normalized spacial score (nSPS) is 17.9. The van der Waals surface area contributed by atoms with Crippen LogP contribution in [0.3, 0.4) is 0 Å². The summed E-state index contributed by atoms with van der Waals surface area (Å²) in [5.74, 6) is 1.29. The molecule has 0 saturated carbocycles. The molecule has 1 unspecified atom stereocenters. The topological polar surface area (TPSA) is 86.7 Å². The Hall–Kier alpha value is -2.45. The van der Waals surface area contributed by atoms with Gasteiger partial charge in [-0.05, 0) is 24.1 Å². The molecular formula is C19H25N5O2S. The van der Waals surface area contributed by atoms with E-state index in [9.17, 15) is 8.42 Å². The highest BCUT2D eigenvalue weighted by Gasteiger charge is 2.25.